The zero-order valence-corrected chi connectivity index (χ0v) is 12.3. The normalized spacial score (nSPS) is 19.8. The fraction of sp³-hybridized carbons (Fsp3) is 0.455. The van der Waals surface area contributed by atoms with Crippen LogP contribution in [0.3, 0.4) is 0 Å². The predicted molar refractivity (Wildman–Crippen MR) is 69.6 cm³/mol. The molecule has 1 aliphatic rings. The zero-order chi connectivity index (χ0) is 14.0. The van der Waals surface area contributed by atoms with E-state index in [1.54, 1.807) is 0 Å². The summed E-state index contributed by atoms with van der Waals surface area (Å²) < 4.78 is 46.1. The van der Waals surface area contributed by atoms with Crippen molar-refractivity contribution in [3.63, 3.8) is 0 Å². The van der Waals surface area contributed by atoms with Gasteiger partial charge < -0.3 is 9.84 Å². The molecule has 0 saturated carbocycles. The third kappa shape index (κ3) is 3.32. The van der Waals surface area contributed by atoms with Crippen molar-refractivity contribution in [1.29, 1.82) is 0 Å². The molecular formula is C11H13BrFNO4S. The Labute approximate surface area is 119 Å². The molecule has 0 amide bonds. The summed E-state index contributed by atoms with van der Waals surface area (Å²) in [6.07, 6.45) is 0.557. The van der Waals surface area contributed by atoms with Gasteiger partial charge in [0.2, 0.25) is 10.0 Å². The number of ether oxygens (including phenoxy) is 1. The van der Waals surface area contributed by atoms with Gasteiger partial charge in [0.15, 0.2) is 0 Å². The molecule has 1 unspecified atom stereocenters. The van der Waals surface area contributed by atoms with Gasteiger partial charge in [-0.3, -0.25) is 0 Å². The maximum absolute atomic E-state index is 14.0. The molecule has 5 nitrogen and oxygen atoms in total. The van der Waals surface area contributed by atoms with Gasteiger partial charge in [0.05, 0.1) is 13.2 Å². The summed E-state index contributed by atoms with van der Waals surface area (Å²) in [4.78, 5) is -0.474. The first-order valence-electron chi connectivity index (χ1n) is 5.63. The number of rotatable bonds is 4. The van der Waals surface area contributed by atoms with Gasteiger partial charge in [-0.15, -0.1) is 0 Å². The van der Waals surface area contributed by atoms with Gasteiger partial charge in [0, 0.05) is 22.7 Å². The van der Waals surface area contributed by atoms with Crippen LogP contribution < -0.4 is 4.72 Å². The topological polar surface area (TPSA) is 75.6 Å². The number of aliphatic hydroxyl groups excluding tert-OH is 1. The molecule has 1 atom stereocenters. The summed E-state index contributed by atoms with van der Waals surface area (Å²) in [6, 6.07) is 2.17. The Morgan fingerprint density at radius 3 is 2.84 bits per heavy atom. The summed E-state index contributed by atoms with van der Waals surface area (Å²) in [7, 11) is -3.98. The molecule has 0 spiro atoms. The average Bonchev–Trinajstić information content (AvgIpc) is 2.83. The minimum absolute atomic E-state index is 0.0718. The molecule has 1 saturated heterocycles. The molecule has 8 heteroatoms. The lowest BCUT2D eigenvalue weighted by Gasteiger charge is -2.13. The molecule has 2 N–H and O–H groups in total. The molecule has 0 aliphatic carbocycles. The lowest BCUT2D eigenvalue weighted by molar-refractivity contribution is 0.192. The Bertz CT molecular complexity index is 572. The summed E-state index contributed by atoms with van der Waals surface area (Å²) in [5.74, 6) is -0.933. The van der Waals surface area contributed by atoms with Crippen LogP contribution in [-0.4, -0.2) is 32.8 Å². The molecule has 1 aromatic rings. The number of hydrogen-bond donors (Lipinski definition) is 2. The zero-order valence-electron chi connectivity index (χ0n) is 9.90. The van der Waals surface area contributed by atoms with E-state index in [4.69, 9.17) is 9.84 Å². The highest BCUT2D eigenvalue weighted by atomic mass is 79.9. The number of halogens is 2. The molecule has 0 bridgehead atoms. The van der Waals surface area contributed by atoms with Crippen LogP contribution in [0.2, 0.25) is 0 Å². The standard InChI is InChI=1S/C11H13BrFNO4S/c12-8-3-7(5-15)11(13)10(4-8)19(16,17)14-9-1-2-18-6-9/h3-4,9,14-15H,1-2,5-6H2. The summed E-state index contributed by atoms with van der Waals surface area (Å²) in [5.41, 5.74) is -0.0718. The van der Waals surface area contributed by atoms with Crippen LogP contribution in [0.4, 0.5) is 4.39 Å². The SMILES string of the molecule is O=S(=O)(NC1CCOC1)c1cc(Br)cc(CO)c1F. The van der Waals surface area contributed by atoms with Crippen molar-refractivity contribution < 1.29 is 22.7 Å². The Hall–Kier alpha value is -0.540. The molecule has 0 radical (unpaired) electrons. The lowest BCUT2D eigenvalue weighted by atomic mass is 10.2. The predicted octanol–water partition coefficient (Wildman–Crippen LogP) is 1.15. The van der Waals surface area contributed by atoms with Crippen LogP contribution in [0.1, 0.15) is 12.0 Å². The quantitative estimate of drug-likeness (QED) is 0.851. The number of benzene rings is 1. The summed E-state index contributed by atoms with van der Waals surface area (Å²) in [5, 5.41) is 9.02. The lowest BCUT2D eigenvalue weighted by Crippen LogP contribution is -2.35. The molecule has 2 rings (SSSR count). The van der Waals surface area contributed by atoms with Crippen LogP contribution in [-0.2, 0) is 21.4 Å². The largest absolute Gasteiger partial charge is 0.392 e. The molecule has 19 heavy (non-hydrogen) atoms. The summed E-state index contributed by atoms with van der Waals surface area (Å²) in [6.45, 7) is 0.193. The van der Waals surface area contributed by atoms with E-state index in [0.717, 1.165) is 0 Å². The summed E-state index contributed by atoms with van der Waals surface area (Å²) >= 11 is 3.10. The van der Waals surface area contributed by atoms with E-state index in [1.807, 2.05) is 0 Å². The van der Waals surface area contributed by atoms with Crippen molar-refractivity contribution in [2.45, 2.75) is 24.0 Å². The first-order chi connectivity index (χ1) is 8.94. The average molecular weight is 354 g/mol. The first kappa shape index (κ1) is 14.9. The number of hydrogen-bond acceptors (Lipinski definition) is 4. The molecular weight excluding hydrogens is 341 g/mol. The van der Waals surface area contributed by atoms with Gasteiger partial charge in [-0.2, -0.15) is 0 Å². The van der Waals surface area contributed by atoms with E-state index in [9.17, 15) is 12.8 Å². The van der Waals surface area contributed by atoms with Crippen molar-refractivity contribution >= 4 is 26.0 Å². The Kier molecular flexibility index (Phi) is 4.57. The third-order valence-corrected chi connectivity index (χ3v) is 4.77. The van der Waals surface area contributed by atoms with Gasteiger partial charge in [-0.1, -0.05) is 15.9 Å². The molecule has 1 fully saturated rings. The second-order valence-corrected chi connectivity index (χ2v) is 6.82. The highest BCUT2D eigenvalue weighted by Crippen LogP contribution is 2.24. The Morgan fingerprint density at radius 1 is 1.53 bits per heavy atom. The molecule has 1 aliphatic heterocycles. The van der Waals surface area contributed by atoms with Crippen molar-refractivity contribution in [1.82, 2.24) is 4.72 Å². The molecule has 1 heterocycles. The fourth-order valence-electron chi connectivity index (χ4n) is 1.84. The highest BCUT2D eigenvalue weighted by Gasteiger charge is 2.27. The van der Waals surface area contributed by atoms with Crippen molar-refractivity contribution in [2.24, 2.45) is 0 Å². The van der Waals surface area contributed by atoms with Crippen LogP contribution in [0.15, 0.2) is 21.5 Å². The second-order valence-electron chi connectivity index (χ2n) is 4.22. The van der Waals surface area contributed by atoms with E-state index < -0.39 is 27.3 Å². The molecule has 106 valence electrons. The van der Waals surface area contributed by atoms with Crippen LogP contribution >= 0.6 is 15.9 Å². The van der Waals surface area contributed by atoms with Crippen LogP contribution in [0.5, 0.6) is 0 Å². The highest BCUT2D eigenvalue weighted by molar-refractivity contribution is 9.10. The van der Waals surface area contributed by atoms with Gasteiger partial charge >= 0.3 is 0 Å². The maximum Gasteiger partial charge on any atom is 0.243 e. The fourth-order valence-corrected chi connectivity index (χ4v) is 3.90. The van der Waals surface area contributed by atoms with Crippen LogP contribution in [0.25, 0.3) is 0 Å². The minimum atomic E-state index is -3.98. The van der Waals surface area contributed by atoms with Crippen molar-refractivity contribution in [2.75, 3.05) is 13.2 Å². The first-order valence-corrected chi connectivity index (χ1v) is 7.90. The van der Waals surface area contributed by atoms with E-state index in [1.165, 1.54) is 12.1 Å². The molecule has 0 aromatic heterocycles. The van der Waals surface area contributed by atoms with E-state index in [2.05, 4.69) is 20.7 Å². The van der Waals surface area contributed by atoms with E-state index in [-0.39, 0.29) is 18.2 Å². The van der Waals surface area contributed by atoms with Gasteiger partial charge in [0.1, 0.15) is 10.7 Å². The Morgan fingerprint density at radius 2 is 2.26 bits per heavy atom. The van der Waals surface area contributed by atoms with Gasteiger partial charge in [-0.25, -0.2) is 17.5 Å². The van der Waals surface area contributed by atoms with Crippen molar-refractivity contribution in [3.8, 4) is 0 Å². The smallest absolute Gasteiger partial charge is 0.243 e. The monoisotopic (exact) mass is 353 g/mol. The maximum atomic E-state index is 14.0. The van der Waals surface area contributed by atoms with Crippen LogP contribution in [0, 0.1) is 5.82 Å². The Balaban J connectivity index is 2.36. The van der Waals surface area contributed by atoms with E-state index >= 15 is 0 Å². The molecule has 1 aromatic carbocycles. The van der Waals surface area contributed by atoms with E-state index in [0.29, 0.717) is 17.5 Å². The number of sulfonamides is 1. The number of aliphatic hydroxyl groups is 1. The number of nitrogens with one attached hydrogen (secondary N) is 1. The van der Waals surface area contributed by atoms with Crippen molar-refractivity contribution in [3.05, 3.63) is 28.0 Å². The second kappa shape index (κ2) is 5.84. The minimum Gasteiger partial charge on any atom is -0.392 e. The third-order valence-electron chi connectivity index (χ3n) is 2.79. The van der Waals surface area contributed by atoms with Gasteiger partial charge in [-0.05, 0) is 18.6 Å². The van der Waals surface area contributed by atoms with Gasteiger partial charge in [0.25, 0.3) is 0 Å².